The lowest BCUT2D eigenvalue weighted by molar-refractivity contribution is -0.0419. The summed E-state index contributed by atoms with van der Waals surface area (Å²) in [6.45, 7) is 5.34. The number of oxazole rings is 1. The Balaban J connectivity index is 0.00000289. The summed E-state index contributed by atoms with van der Waals surface area (Å²) in [6, 6.07) is 4.54. The van der Waals surface area contributed by atoms with E-state index in [2.05, 4.69) is 11.8 Å². The van der Waals surface area contributed by atoms with Crippen molar-refractivity contribution in [3.05, 3.63) is 34.1 Å². The Morgan fingerprint density at radius 1 is 1.22 bits per heavy atom. The second-order valence-corrected chi connectivity index (χ2v) is 8.93. The first-order chi connectivity index (χ1) is 14.9. The van der Waals surface area contributed by atoms with Crippen molar-refractivity contribution in [2.45, 2.75) is 63.1 Å². The highest BCUT2D eigenvalue weighted by Gasteiger charge is 2.39. The van der Waals surface area contributed by atoms with Crippen LogP contribution in [0.5, 0.6) is 0 Å². The summed E-state index contributed by atoms with van der Waals surface area (Å²) in [5.41, 5.74) is 0.634. The molecule has 176 valence electrons. The van der Waals surface area contributed by atoms with Crippen molar-refractivity contribution in [1.82, 2.24) is 9.47 Å². The third-order valence-corrected chi connectivity index (χ3v) is 7.04. The van der Waals surface area contributed by atoms with Gasteiger partial charge in [-0.15, -0.1) is 12.4 Å². The Morgan fingerprint density at radius 3 is 2.53 bits per heavy atom. The number of piperidine rings is 1. The standard InChI is InChI=1S/C23H30FN3O4.ClH/c1-23(7-3-18(4-8-23)30-12-11-29-2)26-9-5-17(6-10-26)27-20-14-16(15-25)13-19(24)21(20)31-22(27)28;/h13-14,17-18H,3-12H2,1-2H3;1H. The van der Waals surface area contributed by atoms with E-state index in [1.165, 1.54) is 0 Å². The number of nitriles is 1. The van der Waals surface area contributed by atoms with Crippen LogP contribution in [0.2, 0.25) is 0 Å². The summed E-state index contributed by atoms with van der Waals surface area (Å²) in [7, 11) is 1.68. The quantitative estimate of drug-likeness (QED) is 0.597. The zero-order valence-corrected chi connectivity index (χ0v) is 19.5. The van der Waals surface area contributed by atoms with E-state index in [9.17, 15) is 9.18 Å². The maximum atomic E-state index is 14.3. The fraction of sp³-hybridized carbons (Fsp3) is 0.652. The van der Waals surface area contributed by atoms with Crippen molar-refractivity contribution >= 4 is 23.5 Å². The molecule has 1 aliphatic carbocycles. The Bertz CT molecular complexity index is 1010. The van der Waals surface area contributed by atoms with Gasteiger partial charge in [0.1, 0.15) is 0 Å². The van der Waals surface area contributed by atoms with Crippen LogP contribution in [0.4, 0.5) is 4.39 Å². The number of nitrogens with zero attached hydrogens (tertiary/aromatic N) is 3. The predicted octanol–water partition coefficient (Wildman–Crippen LogP) is 4.03. The number of hydrogen-bond donors (Lipinski definition) is 0. The first kappa shape index (κ1) is 24.7. The van der Waals surface area contributed by atoms with Gasteiger partial charge in [0, 0.05) is 31.8 Å². The number of hydrogen-bond acceptors (Lipinski definition) is 6. The number of aromatic nitrogens is 1. The normalized spacial score (nSPS) is 24.9. The molecule has 0 unspecified atom stereocenters. The Kier molecular flexibility index (Phi) is 7.99. The molecule has 0 N–H and O–H groups in total. The van der Waals surface area contributed by atoms with E-state index in [1.54, 1.807) is 17.7 Å². The molecule has 2 aromatic rings. The zero-order valence-electron chi connectivity index (χ0n) is 18.6. The van der Waals surface area contributed by atoms with Crippen LogP contribution in [0, 0.1) is 17.1 Å². The van der Waals surface area contributed by atoms with Crippen molar-refractivity contribution in [1.29, 1.82) is 5.26 Å². The highest BCUT2D eigenvalue weighted by molar-refractivity contribution is 5.85. The van der Waals surface area contributed by atoms with Crippen LogP contribution in [0.25, 0.3) is 11.1 Å². The minimum atomic E-state index is -0.667. The molecule has 9 heteroatoms. The van der Waals surface area contributed by atoms with Crippen molar-refractivity contribution < 1.29 is 18.3 Å². The predicted molar refractivity (Wildman–Crippen MR) is 121 cm³/mol. The van der Waals surface area contributed by atoms with E-state index in [-0.39, 0.29) is 35.1 Å². The molecule has 2 fully saturated rings. The maximum absolute atomic E-state index is 14.3. The van der Waals surface area contributed by atoms with Crippen molar-refractivity contribution in [3.63, 3.8) is 0 Å². The number of fused-ring (bicyclic) bond motifs is 1. The second kappa shape index (κ2) is 10.3. The summed E-state index contributed by atoms with van der Waals surface area (Å²) in [5, 5.41) is 9.16. The molecule has 4 rings (SSSR count). The van der Waals surface area contributed by atoms with Gasteiger partial charge in [0.25, 0.3) is 0 Å². The Labute approximate surface area is 193 Å². The summed E-state index contributed by atoms with van der Waals surface area (Å²) < 4.78 is 32.0. The van der Waals surface area contributed by atoms with Gasteiger partial charge in [0.05, 0.1) is 36.5 Å². The first-order valence-electron chi connectivity index (χ1n) is 11.1. The first-order valence-corrected chi connectivity index (χ1v) is 11.1. The lowest BCUT2D eigenvalue weighted by atomic mass is 9.79. The summed E-state index contributed by atoms with van der Waals surface area (Å²) >= 11 is 0. The van der Waals surface area contributed by atoms with Crippen LogP contribution in [0.15, 0.2) is 21.3 Å². The largest absolute Gasteiger partial charge is 0.420 e. The van der Waals surface area contributed by atoms with Gasteiger partial charge >= 0.3 is 5.76 Å². The van der Waals surface area contributed by atoms with Gasteiger partial charge in [0.2, 0.25) is 0 Å². The van der Waals surface area contributed by atoms with E-state index < -0.39 is 11.6 Å². The fourth-order valence-electron chi connectivity index (χ4n) is 5.16. The number of halogens is 2. The molecule has 1 aliphatic heterocycles. The second-order valence-electron chi connectivity index (χ2n) is 8.93. The molecule has 1 aromatic heterocycles. The Morgan fingerprint density at radius 2 is 1.91 bits per heavy atom. The van der Waals surface area contributed by atoms with Crippen LogP contribution in [-0.2, 0) is 9.47 Å². The number of methoxy groups -OCH3 is 1. The topological polar surface area (TPSA) is 80.6 Å². The zero-order chi connectivity index (χ0) is 22.0. The van der Waals surface area contributed by atoms with Crippen LogP contribution >= 0.6 is 12.4 Å². The van der Waals surface area contributed by atoms with E-state index in [1.807, 2.05) is 6.07 Å². The lowest BCUT2D eigenvalue weighted by Gasteiger charge is -2.48. The maximum Gasteiger partial charge on any atom is 0.420 e. The van der Waals surface area contributed by atoms with Crippen LogP contribution in [-0.4, -0.2) is 54.5 Å². The monoisotopic (exact) mass is 467 g/mol. The van der Waals surface area contributed by atoms with E-state index in [0.29, 0.717) is 24.8 Å². The van der Waals surface area contributed by atoms with Gasteiger partial charge in [0.15, 0.2) is 11.4 Å². The molecule has 1 aromatic carbocycles. The molecule has 0 radical (unpaired) electrons. The average Bonchev–Trinajstić information content (AvgIpc) is 3.12. The van der Waals surface area contributed by atoms with Gasteiger partial charge in [-0.25, -0.2) is 9.18 Å². The van der Waals surface area contributed by atoms with Crippen molar-refractivity contribution in [2.75, 3.05) is 33.4 Å². The number of ether oxygens (including phenoxy) is 2. The minimum absolute atomic E-state index is 0. The van der Waals surface area contributed by atoms with E-state index >= 15 is 0 Å². The molecule has 1 saturated heterocycles. The molecule has 32 heavy (non-hydrogen) atoms. The Hall–Kier alpha value is -1.92. The van der Waals surface area contributed by atoms with Crippen molar-refractivity contribution in [3.8, 4) is 6.07 Å². The van der Waals surface area contributed by atoms with Gasteiger partial charge in [-0.05, 0) is 57.6 Å². The molecule has 0 atom stereocenters. The lowest BCUT2D eigenvalue weighted by Crippen LogP contribution is -2.53. The molecule has 2 aliphatic rings. The van der Waals surface area contributed by atoms with Gasteiger partial charge in [-0.3, -0.25) is 9.47 Å². The smallest absolute Gasteiger partial charge is 0.405 e. The molecular weight excluding hydrogens is 437 g/mol. The third-order valence-electron chi connectivity index (χ3n) is 7.04. The number of likely N-dealkylation sites (tertiary alicyclic amines) is 1. The van der Waals surface area contributed by atoms with Crippen LogP contribution in [0.1, 0.15) is 57.1 Å². The van der Waals surface area contributed by atoms with E-state index in [4.69, 9.17) is 19.2 Å². The van der Waals surface area contributed by atoms with Gasteiger partial charge < -0.3 is 13.9 Å². The summed E-state index contributed by atoms with van der Waals surface area (Å²) in [5.74, 6) is -1.22. The fourth-order valence-corrected chi connectivity index (χ4v) is 5.16. The molecule has 0 bridgehead atoms. The molecule has 0 spiro atoms. The summed E-state index contributed by atoms with van der Waals surface area (Å²) in [6.07, 6.45) is 6.14. The number of rotatable bonds is 6. The highest BCUT2D eigenvalue weighted by atomic mass is 35.5. The summed E-state index contributed by atoms with van der Waals surface area (Å²) in [4.78, 5) is 15.0. The van der Waals surface area contributed by atoms with Crippen LogP contribution in [0.3, 0.4) is 0 Å². The average molecular weight is 468 g/mol. The molecule has 7 nitrogen and oxygen atoms in total. The van der Waals surface area contributed by atoms with Gasteiger partial charge in [-0.1, -0.05) is 0 Å². The minimum Gasteiger partial charge on any atom is -0.405 e. The third kappa shape index (κ3) is 4.86. The molecule has 0 amide bonds. The SMILES string of the molecule is COCCOC1CCC(C)(N2CCC(n3c(=O)oc4c(F)cc(C#N)cc43)CC2)CC1.Cl. The van der Waals surface area contributed by atoms with Gasteiger partial charge in [-0.2, -0.15) is 5.26 Å². The van der Waals surface area contributed by atoms with Crippen LogP contribution < -0.4 is 5.76 Å². The highest BCUT2D eigenvalue weighted by Crippen LogP contribution is 2.38. The van der Waals surface area contributed by atoms with E-state index in [0.717, 1.165) is 57.7 Å². The molecule has 1 saturated carbocycles. The molecular formula is C23H31ClFN3O4. The van der Waals surface area contributed by atoms with Crippen molar-refractivity contribution in [2.24, 2.45) is 0 Å². The molecule has 2 heterocycles. The number of benzene rings is 1.